The molecule has 0 bridgehead atoms. The number of anilines is 2. The van der Waals surface area contributed by atoms with E-state index in [1.807, 2.05) is 6.92 Å². The summed E-state index contributed by atoms with van der Waals surface area (Å²) in [6.07, 6.45) is -0.419. The summed E-state index contributed by atoms with van der Waals surface area (Å²) >= 11 is 2.34. The Hall–Kier alpha value is -5.67. The number of hydrogen-bond acceptors (Lipinski definition) is 17. The van der Waals surface area contributed by atoms with Gasteiger partial charge in [0.25, 0.3) is 11.8 Å². The van der Waals surface area contributed by atoms with Crippen molar-refractivity contribution in [3.63, 3.8) is 0 Å². The number of carboxylic acid groups (broad SMARTS) is 3. The molecular weight excluding hydrogens is 869 g/mol. The van der Waals surface area contributed by atoms with E-state index in [1.54, 1.807) is 12.1 Å². The fourth-order valence-electron chi connectivity index (χ4n) is 6.92. The zero-order chi connectivity index (χ0) is 45.5. The SMILES string of the molecule is C[C@@H](O)[C@H]1C(=O)N2C(C(=O)O)=C(S[C@@H]3CN[C@H](C(=O)Nc4cccc(C(=O)O)c4)C3)[C@H](C)[C@H]12.C[C@H]1[C@H](NC(=O)/C(=N\OC(C)(C)C(=O)O)c2csc(N)n2)C(=O)N1S(=O)(=O)O. The van der Waals surface area contributed by atoms with E-state index in [1.165, 1.54) is 61.9 Å². The van der Waals surface area contributed by atoms with Crippen LogP contribution in [0.15, 0.2) is 45.4 Å². The van der Waals surface area contributed by atoms with Crippen LogP contribution in [0.3, 0.4) is 0 Å². The van der Waals surface area contributed by atoms with Crippen molar-refractivity contribution >= 4 is 91.5 Å². The number of nitrogens with zero attached hydrogens (tertiary/aromatic N) is 4. The highest BCUT2D eigenvalue weighted by Gasteiger charge is 2.60. The lowest BCUT2D eigenvalue weighted by molar-refractivity contribution is -0.163. The number of aromatic nitrogens is 1. The number of β-lactam (4-membered cyclic amide) rings is 2. The molecule has 6 rings (SSSR count). The number of rotatable bonds is 14. The van der Waals surface area contributed by atoms with Gasteiger partial charge in [0.15, 0.2) is 10.8 Å². The minimum Gasteiger partial charge on any atom is -0.478 e. The molecule has 5 heterocycles. The summed E-state index contributed by atoms with van der Waals surface area (Å²) in [6.45, 7) is 7.56. The first-order chi connectivity index (χ1) is 28.3. The number of carbonyl (C=O) groups is 7. The molecule has 61 heavy (non-hydrogen) atoms. The summed E-state index contributed by atoms with van der Waals surface area (Å²) in [4.78, 5) is 94.5. The van der Waals surface area contributed by atoms with Crippen LogP contribution in [0.25, 0.3) is 0 Å². The van der Waals surface area contributed by atoms with E-state index < -0.39 is 81.5 Å². The molecule has 10 N–H and O–H groups in total. The number of nitrogens with one attached hydrogen (secondary N) is 3. The van der Waals surface area contributed by atoms with Gasteiger partial charge in [-0.3, -0.25) is 23.7 Å². The number of aromatic carboxylic acids is 1. The van der Waals surface area contributed by atoms with Crippen molar-refractivity contribution < 1.29 is 71.8 Å². The van der Waals surface area contributed by atoms with Crippen LogP contribution in [-0.2, 0) is 43.9 Å². The van der Waals surface area contributed by atoms with Crippen molar-refractivity contribution in [3.05, 3.63) is 51.5 Å². The summed E-state index contributed by atoms with van der Waals surface area (Å²) in [5, 5.41) is 50.9. The second-order valence-electron chi connectivity index (χ2n) is 14.8. The van der Waals surface area contributed by atoms with E-state index >= 15 is 0 Å². The number of amides is 4. The van der Waals surface area contributed by atoms with E-state index in [2.05, 4.69) is 26.1 Å². The Morgan fingerprint density at radius 2 is 1.79 bits per heavy atom. The number of aliphatic hydroxyl groups is 1. The molecule has 0 aliphatic carbocycles. The van der Waals surface area contributed by atoms with Crippen LogP contribution in [0.5, 0.6) is 0 Å². The second-order valence-corrected chi connectivity index (χ2v) is 18.3. The molecule has 8 atom stereocenters. The molecule has 4 aliphatic heterocycles. The average molecular weight is 911 g/mol. The van der Waals surface area contributed by atoms with Gasteiger partial charge in [-0.25, -0.2) is 23.7 Å². The normalized spacial score (nSPS) is 25.4. The Labute approximate surface area is 355 Å². The van der Waals surface area contributed by atoms with Crippen LogP contribution in [0, 0.1) is 11.8 Å². The van der Waals surface area contributed by atoms with Crippen LogP contribution in [0.2, 0.25) is 0 Å². The standard InChI is InChI=1S/C22H25N3O7S.C13H17N5O8S2/c1-9-16-15(10(2)26)20(28)25(16)17(22(31)32)18(9)33-13-7-14(23-8-13)19(27)24-12-5-3-4-11(6-12)21(29)30;1-5-7(10(20)18(5)28(23,24)25)16-9(19)8(6-4-27-12(14)15-6)17-26-13(2,3)11(21)22/h3-6,9-10,13-16,23,26H,7-8H2,1-2H3,(H,24,27)(H,29,30)(H,31,32);4-5,7H,1-3H3,(H2,14,15)(H,16,19)(H,21,22)(H,23,24,25)/b;17-8-/t9-,10-,13+,14+,15-,16-;5-,7-/m10/s1. The van der Waals surface area contributed by atoms with Gasteiger partial charge >= 0.3 is 28.2 Å². The molecule has 23 nitrogen and oxygen atoms in total. The Kier molecular flexibility index (Phi) is 13.5. The van der Waals surface area contributed by atoms with Crippen molar-refractivity contribution in [1.29, 1.82) is 0 Å². The number of carbonyl (C=O) groups excluding carboxylic acids is 4. The summed E-state index contributed by atoms with van der Waals surface area (Å²) in [6, 6.07) is 2.76. The first kappa shape index (κ1) is 46.4. The number of aliphatic carboxylic acids is 2. The van der Waals surface area contributed by atoms with E-state index in [0.717, 1.165) is 11.3 Å². The van der Waals surface area contributed by atoms with Gasteiger partial charge in [-0.15, -0.1) is 23.1 Å². The topological polar surface area (TPSA) is 358 Å². The molecular formula is C35H42N8O15S3. The van der Waals surface area contributed by atoms with Crippen LogP contribution < -0.4 is 21.7 Å². The number of nitrogens with two attached hydrogens (primary N) is 1. The van der Waals surface area contributed by atoms with Crippen molar-refractivity contribution in [2.45, 2.75) is 82.2 Å². The van der Waals surface area contributed by atoms with Crippen molar-refractivity contribution in [3.8, 4) is 0 Å². The van der Waals surface area contributed by atoms with Gasteiger partial charge in [-0.2, -0.15) is 8.42 Å². The number of thioether (sulfide) groups is 1. The maximum Gasteiger partial charge on any atom is 0.362 e. The molecule has 1 aromatic heterocycles. The van der Waals surface area contributed by atoms with Crippen LogP contribution in [0.4, 0.5) is 10.8 Å². The molecule has 4 amide bonds. The van der Waals surface area contributed by atoms with Crippen molar-refractivity contribution in [1.82, 2.24) is 24.8 Å². The molecule has 330 valence electrons. The summed E-state index contributed by atoms with van der Waals surface area (Å²) in [5.41, 5.74) is 3.67. The molecule has 0 spiro atoms. The number of aliphatic hydroxyl groups excluding tert-OH is 1. The number of carboxylic acids is 3. The van der Waals surface area contributed by atoms with E-state index in [-0.39, 0.29) is 55.4 Å². The monoisotopic (exact) mass is 910 g/mol. The number of nitrogen functional groups attached to an aromatic ring is 1. The van der Waals surface area contributed by atoms with E-state index in [4.69, 9.17) is 25.3 Å². The van der Waals surface area contributed by atoms with Gasteiger partial charge in [-0.05, 0) is 52.3 Å². The van der Waals surface area contributed by atoms with Gasteiger partial charge in [0.1, 0.15) is 17.4 Å². The first-order valence-electron chi connectivity index (χ1n) is 18.2. The Bertz CT molecular complexity index is 2330. The third kappa shape index (κ3) is 9.62. The fraction of sp³-hybridized carbons (Fsp3) is 0.457. The van der Waals surface area contributed by atoms with Crippen LogP contribution in [0.1, 0.15) is 57.1 Å². The number of thiazole rings is 1. The number of benzene rings is 1. The zero-order valence-electron chi connectivity index (χ0n) is 32.8. The van der Waals surface area contributed by atoms with Gasteiger partial charge < -0.3 is 51.8 Å². The smallest absolute Gasteiger partial charge is 0.362 e. The first-order valence-corrected chi connectivity index (χ1v) is 21.4. The summed E-state index contributed by atoms with van der Waals surface area (Å²) in [7, 11) is -4.76. The molecule has 2 aromatic rings. The zero-order valence-corrected chi connectivity index (χ0v) is 35.3. The third-order valence-corrected chi connectivity index (χ3v) is 13.3. The van der Waals surface area contributed by atoms with Crippen LogP contribution >= 0.6 is 23.1 Å². The molecule has 26 heteroatoms. The largest absolute Gasteiger partial charge is 0.478 e. The summed E-state index contributed by atoms with van der Waals surface area (Å²) < 4.78 is 31.4. The molecule has 3 saturated heterocycles. The minimum atomic E-state index is -4.76. The van der Waals surface area contributed by atoms with Gasteiger partial charge in [0, 0.05) is 33.7 Å². The molecule has 1 aromatic carbocycles. The lowest BCUT2D eigenvalue weighted by Crippen LogP contribution is -2.71. The maximum absolute atomic E-state index is 12.7. The number of oxime groups is 1. The quantitative estimate of drug-likeness (QED) is 0.0511. The van der Waals surface area contributed by atoms with E-state index in [9.17, 15) is 52.2 Å². The number of fused-ring (bicyclic) bond motifs is 1. The van der Waals surface area contributed by atoms with Crippen LogP contribution in [-0.4, -0.2) is 143 Å². The Morgan fingerprint density at radius 3 is 2.33 bits per heavy atom. The molecule has 4 aliphatic rings. The van der Waals surface area contributed by atoms with Gasteiger partial charge in [0.05, 0.1) is 35.7 Å². The van der Waals surface area contributed by atoms with Crippen molar-refractivity contribution in [2.24, 2.45) is 17.0 Å². The lowest BCUT2D eigenvalue weighted by atomic mass is 9.79. The minimum absolute atomic E-state index is 0.0298. The molecule has 0 saturated carbocycles. The third-order valence-electron chi connectivity index (χ3n) is 10.1. The van der Waals surface area contributed by atoms with E-state index in [0.29, 0.717) is 23.6 Å². The lowest BCUT2D eigenvalue weighted by Gasteiger charge is -2.46. The van der Waals surface area contributed by atoms with Gasteiger partial charge in [-0.1, -0.05) is 18.1 Å². The average Bonchev–Trinajstić information content (AvgIpc) is 3.87. The highest BCUT2D eigenvalue weighted by Crippen LogP contribution is 2.51. The predicted octanol–water partition coefficient (Wildman–Crippen LogP) is -0.232. The second kappa shape index (κ2) is 17.7. The molecule has 0 radical (unpaired) electrons. The Morgan fingerprint density at radius 1 is 1.11 bits per heavy atom. The summed E-state index contributed by atoms with van der Waals surface area (Å²) in [5.74, 6) is -7.17. The fourth-order valence-corrected chi connectivity index (χ4v) is 9.83. The van der Waals surface area contributed by atoms with Crippen molar-refractivity contribution in [2.75, 3.05) is 17.6 Å². The predicted molar refractivity (Wildman–Crippen MR) is 215 cm³/mol. The highest BCUT2D eigenvalue weighted by atomic mass is 32.2. The maximum atomic E-state index is 12.7. The molecule has 3 fully saturated rings. The molecule has 0 unspecified atom stereocenters. The number of hydrogen-bond donors (Lipinski definition) is 9. The Balaban J connectivity index is 0.000000234. The highest BCUT2D eigenvalue weighted by molar-refractivity contribution is 8.03. The van der Waals surface area contributed by atoms with Gasteiger partial charge in [0.2, 0.25) is 17.4 Å².